The number of aliphatic hydroxyl groups excluding tert-OH is 1. The molecule has 10 nitrogen and oxygen atoms in total. The Labute approximate surface area is 199 Å². The number of hydrogen-bond acceptors (Lipinski definition) is 7. The minimum Gasteiger partial charge on any atom is -0.458 e. The van der Waals surface area contributed by atoms with Gasteiger partial charge in [-0.2, -0.15) is 0 Å². The lowest BCUT2D eigenvalue weighted by atomic mass is 10.0. The maximum atomic E-state index is 13.2. The van der Waals surface area contributed by atoms with Gasteiger partial charge < -0.3 is 30.1 Å². The first-order chi connectivity index (χ1) is 15.9. The Bertz CT molecular complexity index is 918. The normalized spacial score (nSPS) is 21.4. The molecule has 2 saturated heterocycles. The predicted octanol–water partition coefficient (Wildman–Crippen LogP) is 0.895. The number of nitrogens with zero attached hydrogens (tertiary/aromatic N) is 2. The third-order valence-electron chi connectivity index (χ3n) is 5.88. The molecule has 1 aromatic rings. The van der Waals surface area contributed by atoms with Crippen LogP contribution < -0.4 is 5.73 Å². The van der Waals surface area contributed by atoms with Crippen LogP contribution >= 0.6 is 0 Å². The molecule has 186 valence electrons. The molecule has 2 heterocycles. The van der Waals surface area contributed by atoms with E-state index in [9.17, 15) is 19.5 Å². The second-order valence-corrected chi connectivity index (χ2v) is 9.78. The first kappa shape index (κ1) is 25.6. The molecule has 4 N–H and O–H groups in total. The van der Waals surface area contributed by atoms with Crippen LogP contribution in [0.5, 0.6) is 0 Å². The summed E-state index contributed by atoms with van der Waals surface area (Å²) in [6, 6.07) is 5.56. The number of nitrogen functional groups attached to an aromatic ring is 1. The molecule has 34 heavy (non-hydrogen) atoms. The van der Waals surface area contributed by atoms with E-state index >= 15 is 0 Å². The smallest absolute Gasteiger partial charge is 0.332 e. The first-order valence-electron chi connectivity index (χ1n) is 11.5. The second kappa shape index (κ2) is 10.5. The Hall–Kier alpha value is -2.98. The first-order valence-corrected chi connectivity index (χ1v) is 11.5. The van der Waals surface area contributed by atoms with Crippen LogP contribution in [0.2, 0.25) is 0 Å². The third kappa shape index (κ3) is 6.54. The largest absolute Gasteiger partial charge is 0.458 e. The number of amidine groups is 1. The van der Waals surface area contributed by atoms with Gasteiger partial charge in [0.05, 0.1) is 12.2 Å². The molecule has 1 aromatic carbocycles. The van der Waals surface area contributed by atoms with Gasteiger partial charge in [-0.3, -0.25) is 15.0 Å². The molecule has 10 heteroatoms. The lowest BCUT2D eigenvalue weighted by Crippen LogP contribution is -2.50. The van der Waals surface area contributed by atoms with Crippen molar-refractivity contribution in [2.45, 2.75) is 63.9 Å². The fourth-order valence-electron chi connectivity index (χ4n) is 4.24. The summed E-state index contributed by atoms with van der Waals surface area (Å²) in [5.74, 6) is -1.06. The molecule has 0 bridgehead atoms. The Morgan fingerprint density at radius 2 is 1.71 bits per heavy atom. The number of ether oxygens (including phenoxy) is 2. The summed E-state index contributed by atoms with van der Waals surface area (Å²) in [5, 5.41) is 17.7. The lowest BCUT2D eigenvalue weighted by Gasteiger charge is -2.35. The quantitative estimate of drug-likeness (QED) is 0.315. The van der Waals surface area contributed by atoms with Gasteiger partial charge >= 0.3 is 5.97 Å². The van der Waals surface area contributed by atoms with Crippen molar-refractivity contribution < 1.29 is 29.0 Å². The van der Waals surface area contributed by atoms with E-state index in [2.05, 4.69) is 0 Å². The molecule has 2 amide bonds. The van der Waals surface area contributed by atoms with Crippen LogP contribution in [-0.2, 0) is 19.1 Å². The molecule has 0 saturated carbocycles. The number of carbonyl (C=O) groups is 3. The Morgan fingerprint density at radius 1 is 1.12 bits per heavy atom. The maximum Gasteiger partial charge on any atom is 0.332 e. The molecule has 0 aliphatic carbocycles. The van der Waals surface area contributed by atoms with E-state index < -0.39 is 23.7 Å². The van der Waals surface area contributed by atoms with Crippen molar-refractivity contribution in [1.82, 2.24) is 9.80 Å². The van der Waals surface area contributed by atoms with E-state index in [0.717, 1.165) is 0 Å². The van der Waals surface area contributed by atoms with Crippen LogP contribution in [0.4, 0.5) is 0 Å². The lowest BCUT2D eigenvalue weighted by molar-refractivity contribution is -0.163. The summed E-state index contributed by atoms with van der Waals surface area (Å²) >= 11 is 0. The third-order valence-corrected chi connectivity index (χ3v) is 5.88. The van der Waals surface area contributed by atoms with E-state index in [-0.39, 0.29) is 43.3 Å². The monoisotopic (exact) mass is 474 g/mol. The van der Waals surface area contributed by atoms with Crippen molar-refractivity contribution in [1.29, 1.82) is 5.41 Å². The summed E-state index contributed by atoms with van der Waals surface area (Å²) in [4.78, 5) is 41.3. The van der Waals surface area contributed by atoms with Crippen molar-refractivity contribution in [3.63, 3.8) is 0 Å². The molecule has 0 unspecified atom stereocenters. The van der Waals surface area contributed by atoms with Crippen molar-refractivity contribution in [2.24, 2.45) is 5.73 Å². The zero-order valence-electron chi connectivity index (χ0n) is 20.0. The summed E-state index contributed by atoms with van der Waals surface area (Å²) in [6.07, 6.45) is 0.409. The highest BCUT2D eigenvalue weighted by Crippen LogP contribution is 2.25. The number of benzene rings is 1. The number of aliphatic hydroxyl groups is 1. The molecule has 2 fully saturated rings. The van der Waals surface area contributed by atoms with Gasteiger partial charge in [-0.25, -0.2) is 4.79 Å². The standard InChI is InChI=1S/C24H34N4O6/c1-24(2,3)34-20(30)14-33-18-8-10-27(11-9-18)23(32)19-12-17(29)13-28(19)22(31)16-6-4-15(5-7-16)21(25)26/h4-7,17-19,29H,8-14H2,1-3H3,(H3,25,26)/t17-,19+/m1/s1. The molecule has 3 rings (SSSR count). The van der Waals surface area contributed by atoms with Gasteiger partial charge in [0.2, 0.25) is 5.91 Å². The minimum absolute atomic E-state index is 0.0825. The molecule has 2 atom stereocenters. The highest BCUT2D eigenvalue weighted by molar-refractivity contribution is 6.00. The zero-order chi connectivity index (χ0) is 25.0. The van der Waals surface area contributed by atoms with Gasteiger partial charge in [0.1, 0.15) is 24.1 Å². The van der Waals surface area contributed by atoms with Gasteiger partial charge in [0.25, 0.3) is 5.91 Å². The van der Waals surface area contributed by atoms with E-state index in [1.807, 2.05) is 0 Å². The van der Waals surface area contributed by atoms with E-state index in [1.165, 1.54) is 4.90 Å². The van der Waals surface area contributed by atoms with Crippen LogP contribution in [0.15, 0.2) is 24.3 Å². The van der Waals surface area contributed by atoms with Crippen LogP contribution in [-0.4, -0.2) is 88.6 Å². The molecular weight excluding hydrogens is 440 g/mol. The Balaban J connectivity index is 1.55. The maximum absolute atomic E-state index is 13.2. The fourth-order valence-corrected chi connectivity index (χ4v) is 4.24. The molecule has 0 aromatic heterocycles. The number of esters is 1. The number of nitrogens with one attached hydrogen (secondary N) is 1. The van der Waals surface area contributed by atoms with Crippen LogP contribution in [0.25, 0.3) is 0 Å². The molecule has 0 radical (unpaired) electrons. The van der Waals surface area contributed by atoms with Crippen LogP contribution in [0.3, 0.4) is 0 Å². The number of nitrogens with two attached hydrogens (primary N) is 1. The molecule has 2 aliphatic rings. The zero-order valence-corrected chi connectivity index (χ0v) is 20.0. The number of piperidine rings is 1. The predicted molar refractivity (Wildman–Crippen MR) is 124 cm³/mol. The number of hydrogen-bond donors (Lipinski definition) is 3. The summed E-state index contributed by atoms with van der Waals surface area (Å²) in [6.45, 7) is 6.23. The Kier molecular flexibility index (Phi) is 7.93. The topological polar surface area (TPSA) is 146 Å². The van der Waals surface area contributed by atoms with Crippen molar-refractivity contribution in [3.05, 3.63) is 35.4 Å². The minimum atomic E-state index is -0.774. The van der Waals surface area contributed by atoms with Crippen LogP contribution in [0.1, 0.15) is 56.0 Å². The van der Waals surface area contributed by atoms with E-state index in [0.29, 0.717) is 37.1 Å². The van der Waals surface area contributed by atoms with E-state index in [1.54, 1.807) is 49.9 Å². The summed E-state index contributed by atoms with van der Waals surface area (Å²) in [5.41, 5.74) is 5.77. The van der Waals surface area contributed by atoms with Crippen molar-refractivity contribution in [3.8, 4) is 0 Å². The Morgan fingerprint density at radius 3 is 2.26 bits per heavy atom. The number of carbonyl (C=O) groups excluding carboxylic acids is 3. The van der Waals surface area contributed by atoms with Crippen molar-refractivity contribution >= 4 is 23.6 Å². The highest BCUT2D eigenvalue weighted by atomic mass is 16.6. The van der Waals surface area contributed by atoms with Gasteiger partial charge in [0.15, 0.2) is 0 Å². The van der Waals surface area contributed by atoms with E-state index in [4.69, 9.17) is 20.6 Å². The number of rotatable bonds is 6. The number of likely N-dealkylation sites (tertiary alicyclic amines) is 2. The summed E-state index contributed by atoms with van der Waals surface area (Å²) in [7, 11) is 0. The van der Waals surface area contributed by atoms with Crippen molar-refractivity contribution in [2.75, 3.05) is 26.2 Å². The van der Waals surface area contributed by atoms with Gasteiger partial charge in [-0.15, -0.1) is 0 Å². The summed E-state index contributed by atoms with van der Waals surface area (Å²) < 4.78 is 10.9. The fraction of sp³-hybridized carbons (Fsp3) is 0.583. The van der Waals surface area contributed by atoms with Crippen LogP contribution in [0, 0.1) is 5.41 Å². The molecule has 0 spiro atoms. The molecular formula is C24H34N4O6. The average molecular weight is 475 g/mol. The number of amides is 2. The highest BCUT2D eigenvalue weighted by Gasteiger charge is 2.41. The molecule has 2 aliphatic heterocycles. The second-order valence-electron chi connectivity index (χ2n) is 9.78. The van der Waals surface area contributed by atoms with Gasteiger partial charge in [0, 0.05) is 37.2 Å². The number of β-amino-alcohol motifs (C(OH)–C–C–N with tert-alkyl or cyclic N) is 1. The SMILES string of the molecule is CC(C)(C)OC(=O)COC1CCN(C(=O)[C@@H]2C[C@@H](O)CN2C(=O)c2ccc(C(=N)N)cc2)CC1. The van der Waals surface area contributed by atoms with Gasteiger partial charge in [-0.1, -0.05) is 12.1 Å². The average Bonchev–Trinajstić information content (AvgIpc) is 3.17. The van der Waals surface area contributed by atoms with Gasteiger partial charge in [-0.05, 0) is 45.7 Å².